The first kappa shape index (κ1) is 25.8. The minimum atomic E-state index is -1.17. The molecule has 1 aromatic carbocycles. The Bertz CT molecular complexity index is 1260. The third-order valence-electron chi connectivity index (χ3n) is 7.89. The molecule has 0 amide bonds. The number of hydrogen-bond donors (Lipinski definition) is 2. The molecule has 2 atom stereocenters. The molecule has 2 N–H and O–H groups in total. The van der Waals surface area contributed by atoms with Crippen LogP contribution in [0, 0.1) is 23.0 Å². The maximum atomic E-state index is 14.9. The van der Waals surface area contributed by atoms with Gasteiger partial charge in [0, 0.05) is 24.6 Å². The summed E-state index contributed by atoms with van der Waals surface area (Å²) in [6, 6.07) is 7.69. The van der Waals surface area contributed by atoms with Crippen molar-refractivity contribution in [1.82, 2.24) is 9.88 Å². The molecule has 6 nitrogen and oxygen atoms in total. The number of anilines is 1. The van der Waals surface area contributed by atoms with Gasteiger partial charge in [0.2, 0.25) is 0 Å². The van der Waals surface area contributed by atoms with Gasteiger partial charge in [-0.05, 0) is 74.4 Å². The molecule has 0 radical (unpaired) electrons. The molecule has 1 aliphatic carbocycles. The van der Waals surface area contributed by atoms with Gasteiger partial charge in [0.25, 0.3) is 0 Å². The van der Waals surface area contributed by atoms with E-state index in [0.717, 1.165) is 0 Å². The second-order valence-corrected chi connectivity index (χ2v) is 10.8. The Kier molecular flexibility index (Phi) is 7.32. The molecular formula is C28H31ClF2N4O2. The Morgan fingerprint density at radius 3 is 2.81 bits per heavy atom. The summed E-state index contributed by atoms with van der Waals surface area (Å²) >= 11 is 5.95. The van der Waals surface area contributed by atoms with Gasteiger partial charge in [-0.2, -0.15) is 0 Å². The second kappa shape index (κ2) is 10.5. The number of amidine groups is 1. The molecular weight excluding hydrogens is 498 g/mol. The van der Waals surface area contributed by atoms with Gasteiger partial charge >= 0.3 is 5.97 Å². The summed E-state index contributed by atoms with van der Waals surface area (Å²) in [4.78, 5) is 23.7. The molecule has 0 spiro atoms. The number of aliphatic imine (C=N–C) groups is 1. The second-order valence-electron chi connectivity index (χ2n) is 10.4. The molecule has 5 rings (SSSR count). The van der Waals surface area contributed by atoms with Crippen molar-refractivity contribution in [3.63, 3.8) is 0 Å². The summed E-state index contributed by atoms with van der Waals surface area (Å²) in [5.74, 6) is -0.155. The van der Waals surface area contributed by atoms with E-state index >= 15 is 0 Å². The zero-order valence-corrected chi connectivity index (χ0v) is 21.6. The van der Waals surface area contributed by atoms with Crippen LogP contribution in [0.4, 0.5) is 14.6 Å². The molecule has 196 valence electrons. The van der Waals surface area contributed by atoms with Crippen LogP contribution in [0.1, 0.15) is 50.3 Å². The van der Waals surface area contributed by atoms with E-state index in [2.05, 4.69) is 20.2 Å². The highest BCUT2D eigenvalue weighted by Crippen LogP contribution is 2.41. The highest BCUT2D eigenvalue weighted by Gasteiger charge is 2.46. The predicted molar refractivity (Wildman–Crippen MR) is 140 cm³/mol. The fourth-order valence-corrected chi connectivity index (χ4v) is 5.70. The number of likely N-dealkylation sites (tertiary alicyclic amines) is 1. The number of aliphatic carboxylic acids is 1. The average molecular weight is 529 g/mol. The van der Waals surface area contributed by atoms with Crippen LogP contribution in [-0.4, -0.2) is 45.9 Å². The van der Waals surface area contributed by atoms with E-state index in [-0.39, 0.29) is 23.2 Å². The van der Waals surface area contributed by atoms with Crippen LogP contribution in [0.3, 0.4) is 0 Å². The van der Waals surface area contributed by atoms with Gasteiger partial charge in [0.05, 0.1) is 22.7 Å². The number of halogens is 3. The van der Waals surface area contributed by atoms with Crippen LogP contribution < -0.4 is 5.32 Å². The smallest absolute Gasteiger partial charge is 0.310 e. The van der Waals surface area contributed by atoms with Gasteiger partial charge in [-0.15, -0.1) is 0 Å². The Balaban J connectivity index is 1.32. The van der Waals surface area contributed by atoms with E-state index in [4.69, 9.17) is 11.6 Å². The monoisotopic (exact) mass is 528 g/mol. The van der Waals surface area contributed by atoms with Crippen LogP contribution in [0.25, 0.3) is 0 Å². The average Bonchev–Trinajstić information content (AvgIpc) is 3.63. The van der Waals surface area contributed by atoms with E-state index in [9.17, 15) is 18.7 Å². The Labute approximate surface area is 220 Å². The number of pyridine rings is 1. The van der Waals surface area contributed by atoms with Crippen molar-refractivity contribution in [1.29, 1.82) is 0 Å². The van der Waals surface area contributed by atoms with Gasteiger partial charge < -0.3 is 10.4 Å². The quantitative estimate of drug-likeness (QED) is 0.448. The van der Waals surface area contributed by atoms with Crippen molar-refractivity contribution < 1.29 is 18.7 Å². The summed E-state index contributed by atoms with van der Waals surface area (Å²) in [5.41, 5.74) is 0.751. The van der Waals surface area contributed by atoms with Gasteiger partial charge in [-0.3, -0.25) is 14.7 Å². The number of nitrogens with one attached hydrogen (secondary N) is 1. The summed E-state index contributed by atoms with van der Waals surface area (Å²) in [7, 11) is 0. The van der Waals surface area contributed by atoms with Crippen molar-refractivity contribution in [2.24, 2.45) is 16.3 Å². The predicted octanol–water partition coefficient (Wildman–Crippen LogP) is 5.86. The lowest BCUT2D eigenvalue weighted by molar-refractivity contribution is -0.154. The summed E-state index contributed by atoms with van der Waals surface area (Å²) in [5, 5.41) is 13.5. The number of hydrogen-bond acceptors (Lipinski definition) is 5. The minimum absolute atomic E-state index is 0.0187. The highest BCUT2D eigenvalue weighted by atomic mass is 35.5. The molecule has 2 aliphatic heterocycles. The topological polar surface area (TPSA) is 77.8 Å². The van der Waals surface area contributed by atoms with Crippen molar-refractivity contribution in [3.05, 3.63) is 69.9 Å². The number of nitrogens with zero attached hydrogens (tertiary/aromatic N) is 3. The first-order valence-electron chi connectivity index (χ1n) is 12.9. The number of benzene rings is 1. The number of carboxylic acid groups (broad SMARTS) is 1. The number of carbonyl (C=O) groups is 1. The maximum absolute atomic E-state index is 14.9. The van der Waals surface area contributed by atoms with Crippen LogP contribution in [0.15, 0.2) is 47.0 Å². The van der Waals surface area contributed by atoms with Crippen molar-refractivity contribution >= 4 is 29.2 Å². The van der Waals surface area contributed by atoms with Crippen molar-refractivity contribution in [2.75, 3.05) is 18.4 Å². The van der Waals surface area contributed by atoms with Crippen molar-refractivity contribution in [3.8, 4) is 0 Å². The van der Waals surface area contributed by atoms with Crippen LogP contribution >= 0.6 is 11.6 Å². The lowest BCUT2D eigenvalue weighted by atomic mass is 9.71. The molecule has 2 fully saturated rings. The summed E-state index contributed by atoms with van der Waals surface area (Å²) < 4.78 is 29.4. The fraction of sp³-hybridized carbons (Fsp3) is 0.464. The minimum Gasteiger partial charge on any atom is -0.481 e. The SMILES string of the molecule is CCC1CC(Cc2nc(NC3=NCC(C4CC4)=C3)ccc2F)(C(=O)O)CCN1Cc1cccc(Cl)c1F. The third kappa shape index (κ3) is 5.55. The largest absolute Gasteiger partial charge is 0.481 e. The number of aromatic nitrogens is 1. The highest BCUT2D eigenvalue weighted by molar-refractivity contribution is 6.30. The molecule has 2 aromatic rings. The number of rotatable bonds is 8. The Hall–Kier alpha value is -2.84. The molecule has 3 aliphatic rings. The molecule has 9 heteroatoms. The van der Waals surface area contributed by atoms with Crippen LogP contribution in [0.2, 0.25) is 5.02 Å². The van der Waals surface area contributed by atoms with E-state index < -0.39 is 23.0 Å². The molecule has 37 heavy (non-hydrogen) atoms. The molecule has 0 bridgehead atoms. The first-order chi connectivity index (χ1) is 17.8. The summed E-state index contributed by atoms with van der Waals surface area (Å²) in [6.45, 7) is 3.45. The lowest BCUT2D eigenvalue weighted by Gasteiger charge is -2.44. The van der Waals surface area contributed by atoms with Gasteiger partial charge in [-0.25, -0.2) is 13.8 Å². The van der Waals surface area contributed by atoms with Gasteiger partial charge in [-0.1, -0.05) is 30.7 Å². The molecule has 3 heterocycles. The van der Waals surface area contributed by atoms with E-state index in [0.29, 0.717) is 62.0 Å². The number of piperidine rings is 1. The Morgan fingerprint density at radius 2 is 2.08 bits per heavy atom. The third-order valence-corrected chi connectivity index (χ3v) is 8.18. The molecule has 1 saturated heterocycles. The summed E-state index contributed by atoms with van der Waals surface area (Å²) in [6.07, 6.45) is 5.73. The van der Waals surface area contributed by atoms with Crippen molar-refractivity contribution in [2.45, 2.75) is 58.0 Å². The fourth-order valence-electron chi connectivity index (χ4n) is 5.50. The molecule has 2 unspecified atom stereocenters. The van der Waals surface area contributed by atoms with Gasteiger partial charge in [0.1, 0.15) is 23.3 Å². The van der Waals surface area contributed by atoms with E-state index in [1.54, 1.807) is 18.2 Å². The lowest BCUT2D eigenvalue weighted by Crippen LogP contribution is -2.50. The van der Waals surface area contributed by atoms with Crippen LogP contribution in [-0.2, 0) is 17.8 Å². The Morgan fingerprint density at radius 1 is 1.27 bits per heavy atom. The zero-order valence-electron chi connectivity index (χ0n) is 20.8. The standard InChI is InChI=1S/C28H31ClF2N4O2/c1-2-20-13-28(27(36)37,10-11-35(20)16-18-4-3-5-21(29)26(18)31)14-23-22(30)8-9-24(33-23)34-25-12-19(15-32-25)17-6-7-17/h3-5,8-9,12,17,20H,2,6-7,10-11,13-16H2,1H3,(H,36,37)(H,32,33,34). The molecule has 1 saturated carbocycles. The van der Waals surface area contributed by atoms with Crippen LogP contribution in [0.5, 0.6) is 0 Å². The van der Waals surface area contributed by atoms with E-state index in [1.807, 2.05) is 13.0 Å². The zero-order chi connectivity index (χ0) is 26.2. The first-order valence-corrected chi connectivity index (χ1v) is 13.2. The maximum Gasteiger partial charge on any atom is 0.310 e. The normalized spacial score (nSPS) is 24.1. The van der Waals surface area contributed by atoms with E-state index in [1.165, 1.54) is 30.5 Å². The van der Waals surface area contributed by atoms with Gasteiger partial charge in [0.15, 0.2) is 0 Å². The molecule has 1 aromatic heterocycles. The number of carboxylic acids is 1.